The average Bonchev–Trinajstić information content (AvgIpc) is 3.40. The van der Waals surface area contributed by atoms with Gasteiger partial charge in [0, 0.05) is 40.8 Å². The van der Waals surface area contributed by atoms with Gasteiger partial charge in [0.15, 0.2) is 0 Å². The van der Waals surface area contributed by atoms with Crippen molar-refractivity contribution in [3.05, 3.63) is 57.9 Å². The minimum Gasteiger partial charge on any atom is -0.383 e. The maximum absolute atomic E-state index is 12.9. The van der Waals surface area contributed by atoms with E-state index in [2.05, 4.69) is 15.2 Å². The van der Waals surface area contributed by atoms with Gasteiger partial charge in [-0.1, -0.05) is 18.5 Å². The van der Waals surface area contributed by atoms with Gasteiger partial charge in [-0.05, 0) is 37.5 Å². The van der Waals surface area contributed by atoms with E-state index in [1.165, 1.54) is 11.3 Å². The molecule has 0 aliphatic carbocycles. The molecule has 0 unspecified atom stereocenters. The molecule has 1 fully saturated rings. The van der Waals surface area contributed by atoms with Crippen LogP contribution in [0.1, 0.15) is 41.5 Å². The van der Waals surface area contributed by atoms with Crippen LogP contribution in [0.25, 0.3) is 10.4 Å². The van der Waals surface area contributed by atoms with E-state index in [4.69, 9.17) is 11.6 Å². The topological polar surface area (TPSA) is 82.1 Å². The molecule has 28 heavy (non-hydrogen) atoms. The summed E-state index contributed by atoms with van der Waals surface area (Å²) in [4.78, 5) is 20.2. The van der Waals surface area contributed by atoms with Crippen LogP contribution in [0.5, 0.6) is 0 Å². The Hall–Kier alpha value is -2.22. The summed E-state index contributed by atoms with van der Waals surface area (Å²) in [6, 6.07) is 5.56. The number of likely N-dealkylation sites (tertiary alicyclic amines) is 1. The summed E-state index contributed by atoms with van der Waals surface area (Å²) in [5, 5.41) is 20.2. The van der Waals surface area contributed by atoms with Crippen molar-refractivity contribution in [1.29, 1.82) is 0 Å². The fraction of sp³-hybridized carbons (Fsp3) is 0.350. The summed E-state index contributed by atoms with van der Waals surface area (Å²) in [5.74, 6) is -0.0191. The number of carbonyl (C=O) groups excluding carboxylic acids is 1. The molecule has 0 bridgehead atoms. The number of thiophene rings is 1. The Morgan fingerprint density at radius 1 is 1.39 bits per heavy atom. The Labute approximate surface area is 172 Å². The smallest absolute Gasteiger partial charge is 0.254 e. The number of aryl methyl sites for hydroxylation is 1. The number of hydrogen-bond acceptors (Lipinski definition) is 5. The number of hydrogen-bond donors (Lipinski definition) is 2. The third kappa shape index (κ3) is 3.57. The van der Waals surface area contributed by atoms with Gasteiger partial charge in [-0.2, -0.15) is 5.10 Å². The molecule has 8 heteroatoms. The molecule has 0 radical (unpaired) electrons. The maximum Gasteiger partial charge on any atom is 0.254 e. The highest BCUT2D eigenvalue weighted by molar-refractivity contribution is 7.13. The molecule has 0 aromatic carbocycles. The summed E-state index contributed by atoms with van der Waals surface area (Å²) in [5.41, 5.74) is 1.95. The highest BCUT2D eigenvalue weighted by atomic mass is 35.5. The monoisotopic (exact) mass is 416 g/mol. The van der Waals surface area contributed by atoms with Crippen molar-refractivity contribution in [3.8, 4) is 10.4 Å². The van der Waals surface area contributed by atoms with Crippen LogP contribution in [-0.2, 0) is 12.0 Å². The van der Waals surface area contributed by atoms with E-state index in [1.54, 1.807) is 17.2 Å². The third-order valence-corrected chi connectivity index (χ3v) is 6.50. The van der Waals surface area contributed by atoms with Crippen molar-refractivity contribution in [1.82, 2.24) is 20.1 Å². The van der Waals surface area contributed by atoms with Gasteiger partial charge in [-0.15, -0.1) is 11.3 Å². The molecule has 3 aromatic heterocycles. The van der Waals surface area contributed by atoms with E-state index in [0.717, 1.165) is 22.6 Å². The minimum atomic E-state index is -1.10. The fourth-order valence-electron chi connectivity index (χ4n) is 3.49. The number of amides is 1. The lowest BCUT2D eigenvalue weighted by Gasteiger charge is -2.38. The average molecular weight is 417 g/mol. The lowest BCUT2D eigenvalue weighted by Crippen LogP contribution is -2.45. The Morgan fingerprint density at radius 2 is 2.18 bits per heavy atom. The van der Waals surface area contributed by atoms with Crippen molar-refractivity contribution in [2.45, 2.75) is 31.8 Å². The molecule has 1 aliphatic heterocycles. The SMILES string of the molecule is CCc1ccc(Cl)c(C2(O)CCN(C(=O)c3csc(-c4cn[nH]c4)c3)CC2)n1. The Morgan fingerprint density at radius 3 is 2.86 bits per heavy atom. The van der Waals surface area contributed by atoms with Gasteiger partial charge in [-0.25, -0.2) is 0 Å². The van der Waals surface area contributed by atoms with Crippen LogP contribution < -0.4 is 0 Å². The summed E-state index contributed by atoms with van der Waals surface area (Å²) in [6.45, 7) is 2.94. The van der Waals surface area contributed by atoms with Gasteiger partial charge in [0.05, 0.1) is 22.5 Å². The molecule has 4 rings (SSSR count). The minimum absolute atomic E-state index is 0.0191. The van der Waals surface area contributed by atoms with Crippen molar-refractivity contribution >= 4 is 28.8 Å². The number of rotatable bonds is 4. The zero-order valence-corrected chi connectivity index (χ0v) is 17.1. The zero-order chi connectivity index (χ0) is 19.7. The van der Waals surface area contributed by atoms with Gasteiger partial charge in [-0.3, -0.25) is 14.9 Å². The number of aromatic nitrogens is 3. The van der Waals surface area contributed by atoms with E-state index in [0.29, 0.717) is 42.2 Å². The van der Waals surface area contributed by atoms with Crippen LogP contribution in [0.15, 0.2) is 36.0 Å². The normalized spacial score (nSPS) is 16.3. The predicted molar refractivity (Wildman–Crippen MR) is 110 cm³/mol. The highest BCUT2D eigenvalue weighted by Crippen LogP contribution is 2.36. The predicted octanol–water partition coefficient (Wildman–Crippen LogP) is 3.87. The van der Waals surface area contributed by atoms with E-state index < -0.39 is 5.60 Å². The Kier molecular flexibility index (Phi) is 5.23. The standard InChI is InChI=1S/C20H21ClN4O2S/c1-2-15-3-4-16(21)18(24-15)20(27)5-7-25(8-6-20)19(26)13-9-17(28-12-13)14-10-22-23-11-14/h3-4,9-12,27H,2,5-8H2,1H3,(H,22,23). The second kappa shape index (κ2) is 7.66. The van der Waals surface area contributed by atoms with Crippen LogP contribution >= 0.6 is 22.9 Å². The molecular weight excluding hydrogens is 396 g/mol. The first-order chi connectivity index (χ1) is 13.5. The maximum atomic E-state index is 12.9. The molecular formula is C20H21ClN4O2S. The first kappa shape index (κ1) is 19.1. The van der Waals surface area contributed by atoms with Crippen LogP contribution in [0.4, 0.5) is 0 Å². The Balaban J connectivity index is 1.47. The number of carbonyl (C=O) groups is 1. The molecule has 1 amide bonds. The van der Waals surface area contributed by atoms with Gasteiger partial charge >= 0.3 is 0 Å². The number of nitrogens with zero attached hydrogens (tertiary/aromatic N) is 3. The number of aliphatic hydroxyl groups is 1. The second-order valence-corrected chi connectivity index (χ2v) is 8.32. The van der Waals surface area contributed by atoms with Gasteiger partial charge in [0.1, 0.15) is 5.60 Å². The van der Waals surface area contributed by atoms with Gasteiger partial charge < -0.3 is 10.0 Å². The Bertz CT molecular complexity index is 978. The van der Waals surface area contributed by atoms with Crippen LogP contribution in [0.2, 0.25) is 5.02 Å². The molecule has 6 nitrogen and oxygen atoms in total. The van der Waals surface area contributed by atoms with E-state index in [-0.39, 0.29) is 5.91 Å². The number of nitrogens with one attached hydrogen (secondary N) is 1. The molecule has 1 saturated heterocycles. The molecule has 0 atom stereocenters. The zero-order valence-electron chi connectivity index (χ0n) is 15.5. The summed E-state index contributed by atoms with van der Waals surface area (Å²) in [7, 11) is 0. The molecule has 0 spiro atoms. The van der Waals surface area contributed by atoms with Crippen molar-refractivity contribution < 1.29 is 9.90 Å². The largest absolute Gasteiger partial charge is 0.383 e. The van der Waals surface area contributed by atoms with Crippen LogP contribution in [0, 0.1) is 0 Å². The second-order valence-electron chi connectivity index (χ2n) is 7.00. The first-order valence-electron chi connectivity index (χ1n) is 9.25. The highest BCUT2D eigenvalue weighted by Gasteiger charge is 2.38. The number of pyridine rings is 1. The van der Waals surface area contributed by atoms with Gasteiger partial charge in [0.2, 0.25) is 0 Å². The van der Waals surface area contributed by atoms with E-state index >= 15 is 0 Å². The van der Waals surface area contributed by atoms with Crippen LogP contribution in [0.3, 0.4) is 0 Å². The first-order valence-corrected chi connectivity index (χ1v) is 10.5. The number of piperidine rings is 1. The molecule has 2 N–H and O–H groups in total. The fourth-order valence-corrected chi connectivity index (χ4v) is 4.64. The molecule has 0 saturated carbocycles. The molecule has 3 aromatic rings. The van der Waals surface area contributed by atoms with Gasteiger partial charge in [0.25, 0.3) is 5.91 Å². The molecule has 146 valence electrons. The summed E-state index contributed by atoms with van der Waals surface area (Å²) >= 11 is 7.83. The number of aromatic amines is 1. The van der Waals surface area contributed by atoms with Crippen molar-refractivity contribution in [2.75, 3.05) is 13.1 Å². The quantitative estimate of drug-likeness (QED) is 0.676. The lowest BCUT2D eigenvalue weighted by atomic mass is 9.87. The number of H-pyrrole nitrogens is 1. The van der Waals surface area contributed by atoms with Crippen molar-refractivity contribution in [3.63, 3.8) is 0 Å². The molecule has 1 aliphatic rings. The third-order valence-electron chi connectivity index (χ3n) is 5.21. The van der Waals surface area contributed by atoms with Crippen molar-refractivity contribution in [2.24, 2.45) is 0 Å². The lowest BCUT2D eigenvalue weighted by molar-refractivity contribution is -0.0244. The van der Waals surface area contributed by atoms with Crippen LogP contribution in [-0.4, -0.2) is 44.2 Å². The molecule has 4 heterocycles. The summed E-state index contributed by atoms with van der Waals surface area (Å²) < 4.78 is 0. The number of halogens is 1. The van der Waals surface area contributed by atoms with E-state index in [9.17, 15) is 9.90 Å². The van der Waals surface area contributed by atoms with E-state index in [1.807, 2.05) is 30.6 Å². The summed E-state index contributed by atoms with van der Waals surface area (Å²) in [6.07, 6.45) is 5.15.